The van der Waals surface area contributed by atoms with Gasteiger partial charge in [-0.15, -0.1) is 12.4 Å². The zero-order valence-corrected chi connectivity index (χ0v) is 11.3. The van der Waals surface area contributed by atoms with Crippen molar-refractivity contribution in [3.05, 3.63) is 0 Å². The predicted octanol–water partition coefficient (Wildman–Crippen LogP) is 0.132. The summed E-state index contributed by atoms with van der Waals surface area (Å²) < 4.78 is 0. The smallest absolute Gasteiger partial charge is 0.233 e. The highest BCUT2D eigenvalue weighted by molar-refractivity contribution is 5.85. The van der Waals surface area contributed by atoms with Gasteiger partial charge in [-0.3, -0.25) is 9.59 Å². The van der Waals surface area contributed by atoms with Crippen LogP contribution in [0.5, 0.6) is 0 Å². The topological polar surface area (TPSA) is 75.4 Å². The molecule has 0 aromatic heterocycles. The van der Waals surface area contributed by atoms with Crippen LogP contribution in [0.4, 0.5) is 0 Å². The van der Waals surface area contributed by atoms with Crippen molar-refractivity contribution >= 4 is 24.2 Å². The highest BCUT2D eigenvalue weighted by Gasteiger charge is 2.42. The second kappa shape index (κ2) is 6.81. The third-order valence-corrected chi connectivity index (χ3v) is 3.23. The Labute approximate surface area is 109 Å². The summed E-state index contributed by atoms with van der Waals surface area (Å²) in [6, 6.07) is 0. The van der Waals surface area contributed by atoms with E-state index >= 15 is 0 Å². The van der Waals surface area contributed by atoms with Gasteiger partial charge in [-0.05, 0) is 12.8 Å². The van der Waals surface area contributed by atoms with Gasteiger partial charge in [-0.2, -0.15) is 0 Å². The molecular weight excluding hydrogens is 242 g/mol. The van der Waals surface area contributed by atoms with Crippen LogP contribution in [-0.2, 0) is 9.59 Å². The van der Waals surface area contributed by atoms with Crippen molar-refractivity contribution in [3.8, 4) is 0 Å². The average Bonchev–Trinajstić information content (AvgIpc) is 2.74. The molecule has 1 rings (SSSR count). The molecule has 5 nitrogen and oxygen atoms in total. The molecule has 0 bridgehead atoms. The number of rotatable bonds is 4. The highest BCUT2D eigenvalue weighted by atomic mass is 35.5. The van der Waals surface area contributed by atoms with Gasteiger partial charge in [0.25, 0.3) is 0 Å². The molecule has 0 aromatic carbocycles. The van der Waals surface area contributed by atoms with E-state index in [1.54, 1.807) is 19.0 Å². The zero-order chi connectivity index (χ0) is 12.2. The Balaban J connectivity index is 0.00000256. The molecule has 17 heavy (non-hydrogen) atoms. The van der Waals surface area contributed by atoms with Crippen LogP contribution in [0.2, 0.25) is 0 Å². The monoisotopic (exact) mass is 263 g/mol. The van der Waals surface area contributed by atoms with Gasteiger partial charge in [0.2, 0.25) is 11.8 Å². The molecule has 1 aliphatic carbocycles. The normalized spacial score (nSPS) is 17.1. The summed E-state index contributed by atoms with van der Waals surface area (Å²) in [7, 11) is 3.51. The first kappa shape index (κ1) is 16.2. The fourth-order valence-electron chi connectivity index (χ4n) is 2.33. The quantitative estimate of drug-likeness (QED) is 0.757. The molecule has 2 amide bonds. The Morgan fingerprint density at radius 3 is 2.24 bits per heavy atom. The number of hydrogen-bond donors (Lipinski definition) is 2. The SMILES string of the molecule is CN(C)C(=O)C1(CNC(=O)CN)CCCC1.Cl. The van der Waals surface area contributed by atoms with E-state index in [1.807, 2.05) is 0 Å². The van der Waals surface area contributed by atoms with Gasteiger partial charge < -0.3 is 16.0 Å². The lowest BCUT2D eigenvalue weighted by Crippen LogP contribution is -2.47. The van der Waals surface area contributed by atoms with Gasteiger partial charge in [0.15, 0.2) is 0 Å². The number of nitrogens with zero attached hydrogens (tertiary/aromatic N) is 1. The van der Waals surface area contributed by atoms with E-state index in [1.165, 1.54) is 0 Å². The van der Waals surface area contributed by atoms with Crippen LogP contribution in [0.15, 0.2) is 0 Å². The second-order valence-corrected chi connectivity index (χ2v) is 4.67. The van der Waals surface area contributed by atoms with Gasteiger partial charge in [0.1, 0.15) is 0 Å². The highest BCUT2D eigenvalue weighted by Crippen LogP contribution is 2.38. The van der Waals surface area contributed by atoms with E-state index in [0.717, 1.165) is 25.7 Å². The van der Waals surface area contributed by atoms with Crippen molar-refractivity contribution < 1.29 is 9.59 Å². The number of nitrogens with two attached hydrogens (primary N) is 1. The fourth-order valence-corrected chi connectivity index (χ4v) is 2.33. The van der Waals surface area contributed by atoms with E-state index in [4.69, 9.17) is 5.73 Å². The molecular formula is C11H22ClN3O2. The number of carbonyl (C=O) groups excluding carboxylic acids is 2. The maximum absolute atomic E-state index is 12.1. The maximum Gasteiger partial charge on any atom is 0.233 e. The van der Waals surface area contributed by atoms with E-state index in [0.29, 0.717) is 6.54 Å². The van der Waals surface area contributed by atoms with Crippen molar-refractivity contribution in [2.45, 2.75) is 25.7 Å². The summed E-state index contributed by atoms with van der Waals surface area (Å²) in [5.74, 6) is -0.0832. The third kappa shape index (κ3) is 3.85. The predicted molar refractivity (Wildman–Crippen MR) is 68.9 cm³/mol. The lowest BCUT2D eigenvalue weighted by Gasteiger charge is -2.30. The summed E-state index contributed by atoms with van der Waals surface area (Å²) in [4.78, 5) is 24.9. The van der Waals surface area contributed by atoms with Crippen molar-refractivity contribution in [2.24, 2.45) is 11.1 Å². The Bertz CT molecular complexity index is 276. The first-order valence-corrected chi connectivity index (χ1v) is 5.70. The molecule has 0 radical (unpaired) electrons. The molecule has 0 spiro atoms. The Morgan fingerprint density at radius 1 is 1.29 bits per heavy atom. The molecule has 0 aliphatic heterocycles. The van der Waals surface area contributed by atoms with Gasteiger partial charge in [-0.25, -0.2) is 0 Å². The number of hydrogen-bond acceptors (Lipinski definition) is 3. The number of amides is 2. The molecule has 1 saturated carbocycles. The Hall–Kier alpha value is -0.810. The van der Waals surface area contributed by atoms with E-state index in [2.05, 4.69) is 5.32 Å². The molecule has 6 heteroatoms. The first-order valence-electron chi connectivity index (χ1n) is 5.70. The number of halogens is 1. The minimum atomic E-state index is -0.395. The largest absolute Gasteiger partial charge is 0.354 e. The Morgan fingerprint density at radius 2 is 1.82 bits per heavy atom. The molecule has 0 heterocycles. The Kier molecular flexibility index (Phi) is 6.49. The van der Waals surface area contributed by atoms with Gasteiger partial charge in [-0.1, -0.05) is 12.8 Å². The minimum Gasteiger partial charge on any atom is -0.354 e. The van der Waals surface area contributed by atoms with Crippen LogP contribution < -0.4 is 11.1 Å². The van der Waals surface area contributed by atoms with E-state index < -0.39 is 5.41 Å². The van der Waals surface area contributed by atoms with Gasteiger partial charge in [0, 0.05) is 20.6 Å². The molecule has 1 fully saturated rings. The minimum absolute atomic E-state index is 0. The molecule has 3 N–H and O–H groups in total. The fraction of sp³-hybridized carbons (Fsp3) is 0.818. The van der Waals surface area contributed by atoms with Crippen LogP contribution in [0.3, 0.4) is 0 Å². The summed E-state index contributed by atoms with van der Waals surface area (Å²) in [5.41, 5.74) is 4.83. The average molecular weight is 264 g/mol. The van der Waals surface area contributed by atoms with Crippen LogP contribution in [0.1, 0.15) is 25.7 Å². The summed E-state index contributed by atoms with van der Waals surface area (Å²) in [6.07, 6.45) is 3.82. The standard InChI is InChI=1S/C11H21N3O2.ClH/c1-14(2)10(16)11(5-3-4-6-11)8-13-9(15)7-12;/h3-8,12H2,1-2H3,(H,13,15);1H. The van der Waals surface area contributed by atoms with Crippen LogP contribution >= 0.6 is 12.4 Å². The van der Waals surface area contributed by atoms with E-state index in [9.17, 15) is 9.59 Å². The number of nitrogens with one attached hydrogen (secondary N) is 1. The van der Waals surface area contributed by atoms with Crippen LogP contribution in [-0.4, -0.2) is 43.9 Å². The summed E-state index contributed by atoms with van der Waals surface area (Å²) >= 11 is 0. The van der Waals surface area contributed by atoms with Gasteiger partial charge >= 0.3 is 0 Å². The molecule has 0 atom stereocenters. The first-order chi connectivity index (χ1) is 7.52. The van der Waals surface area contributed by atoms with Crippen molar-refractivity contribution in [1.82, 2.24) is 10.2 Å². The summed E-state index contributed by atoms with van der Waals surface area (Å²) in [6.45, 7) is 0.395. The van der Waals surface area contributed by atoms with Gasteiger partial charge in [0.05, 0.1) is 12.0 Å². The molecule has 0 unspecified atom stereocenters. The van der Waals surface area contributed by atoms with Crippen LogP contribution in [0.25, 0.3) is 0 Å². The van der Waals surface area contributed by atoms with Crippen LogP contribution in [0, 0.1) is 5.41 Å². The van der Waals surface area contributed by atoms with Crippen molar-refractivity contribution in [1.29, 1.82) is 0 Å². The zero-order valence-electron chi connectivity index (χ0n) is 10.5. The van der Waals surface area contributed by atoms with Crippen molar-refractivity contribution in [3.63, 3.8) is 0 Å². The lowest BCUT2D eigenvalue weighted by molar-refractivity contribution is -0.139. The molecule has 0 saturated heterocycles. The molecule has 100 valence electrons. The molecule has 0 aromatic rings. The summed E-state index contributed by atoms with van der Waals surface area (Å²) in [5, 5.41) is 2.74. The van der Waals surface area contributed by atoms with Crippen molar-refractivity contribution in [2.75, 3.05) is 27.2 Å². The maximum atomic E-state index is 12.1. The third-order valence-electron chi connectivity index (χ3n) is 3.23. The van der Waals surface area contributed by atoms with E-state index in [-0.39, 0.29) is 30.8 Å². The second-order valence-electron chi connectivity index (χ2n) is 4.67. The number of carbonyl (C=O) groups is 2. The lowest BCUT2D eigenvalue weighted by atomic mass is 9.84. The molecule has 1 aliphatic rings.